The van der Waals surface area contributed by atoms with E-state index in [1.165, 1.54) is 22.9 Å². The van der Waals surface area contributed by atoms with Gasteiger partial charge in [0.05, 0.1) is 10.3 Å². The number of hydrogen-bond acceptors (Lipinski definition) is 2. The fourth-order valence-corrected chi connectivity index (χ4v) is 2.45. The lowest BCUT2D eigenvalue weighted by Crippen LogP contribution is -2.19. The Morgan fingerprint density at radius 2 is 2.27 bits per heavy atom. The molecule has 0 bridgehead atoms. The van der Waals surface area contributed by atoms with Crippen molar-refractivity contribution < 1.29 is 4.39 Å². The lowest BCUT2D eigenvalue weighted by Gasteiger charge is -2.02. The standard InChI is InChI=1S/C10H7BrFNOS/c11-9-3-7(6-15-9)4-13-5-8(12)1-2-10(13)14/h1-3,5-6H,4H2. The molecular formula is C10H7BrFNOS. The molecule has 0 saturated heterocycles. The molecule has 2 heterocycles. The van der Waals surface area contributed by atoms with E-state index in [-0.39, 0.29) is 5.56 Å². The molecule has 0 radical (unpaired) electrons. The Labute approximate surface area is 98.1 Å². The smallest absolute Gasteiger partial charge is 0.251 e. The van der Waals surface area contributed by atoms with Gasteiger partial charge in [-0.1, -0.05) is 0 Å². The number of halogens is 2. The van der Waals surface area contributed by atoms with Gasteiger partial charge in [-0.3, -0.25) is 4.79 Å². The third-order valence-corrected chi connectivity index (χ3v) is 3.48. The van der Waals surface area contributed by atoms with E-state index in [2.05, 4.69) is 15.9 Å². The van der Waals surface area contributed by atoms with Gasteiger partial charge < -0.3 is 4.57 Å². The largest absolute Gasteiger partial charge is 0.308 e. The van der Waals surface area contributed by atoms with E-state index >= 15 is 0 Å². The minimum absolute atomic E-state index is 0.196. The fourth-order valence-electron chi connectivity index (χ4n) is 1.25. The maximum atomic E-state index is 12.9. The molecule has 0 aliphatic heterocycles. The van der Waals surface area contributed by atoms with Crippen LogP contribution in [0.5, 0.6) is 0 Å². The first-order chi connectivity index (χ1) is 7.15. The molecule has 0 aliphatic carbocycles. The van der Waals surface area contributed by atoms with Crippen LogP contribution in [0, 0.1) is 5.82 Å². The van der Waals surface area contributed by atoms with Gasteiger partial charge in [-0.25, -0.2) is 4.39 Å². The van der Waals surface area contributed by atoms with E-state index in [9.17, 15) is 9.18 Å². The summed E-state index contributed by atoms with van der Waals surface area (Å²) < 4.78 is 15.2. The van der Waals surface area contributed by atoms with E-state index in [4.69, 9.17) is 0 Å². The van der Waals surface area contributed by atoms with Crippen LogP contribution < -0.4 is 5.56 Å². The van der Waals surface area contributed by atoms with E-state index in [0.717, 1.165) is 9.35 Å². The van der Waals surface area contributed by atoms with E-state index in [1.807, 2.05) is 11.4 Å². The highest BCUT2D eigenvalue weighted by Gasteiger charge is 2.01. The molecular weight excluding hydrogens is 281 g/mol. The first-order valence-corrected chi connectivity index (χ1v) is 5.91. The van der Waals surface area contributed by atoms with E-state index in [0.29, 0.717) is 6.54 Å². The first kappa shape index (κ1) is 10.6. The van der Waals surface area contributed by atoms with Crippen molar-refractivity contribution in [3.8, 4) is 0 Å². The van der Waals surface area contributed by atoms with Crippen LogP contribution in [0.15, 0.2) is 38.4 Å². The van der Waals surface area contributed by atoms with Crippen LogP contribution in [0.3, 0.4) is 0 Å². The Morgan fingerprint density at radius 3 is 2.93 bits per heavy atom. The minimum Gasteiger partial charge on any atom is -0.308 e. The van der Waals surface area contributed by atoms with Gasteiger partial charge in [0, 0.05) is 12.3 Å². The Kier molecular flexibility index (Phi) is 3.02. The highest BCUT2D eigenvalue weighted by Crippen LogP contribution is 2.20. The molecule has 78 valence electrons. The average molecular weight is 288 g/mol. The minimum atomic E-state index is -0.399. The van der Waals surface area contributed by atoms with Crippen molar-refractivity contribution in [1.29, 1.82) is 0 Å². The van der Waals surface area contributed by atoms with Crippen LogP contribution >= 0.6 is 27.3 Å². The van der Waals surface area contributed by atoms with E-state index in [1.54, 1.807) is 11.3 Å². The molecule has 0 spiro atoms. The molecule has 2 aromatic heterocycles. The van der Waals surface area contributed by atoms with Crippen LogP contribution in [0.1, 0.15) is 5.56 Å². The van der Waals surface area contributed by atoms with Crippen LogP contribution in [0.4, 0.5) is 4.39 Å². The summed E-state index contributed by atoms with van der Waals surface area (Å²) in [7, 11) is 0. The zero-order valence-corrected chi connectivity index (χ0v) is 10.0. The number of pyridine rings is 1. The van der Waals surface area contributed by atoms with Crippen molar-refractivity contribution in [2.75, 3.05) is 0 Å². The fraction of sp³-hybridized carbons (Fsp3) is 0.100. The summed E-state index contributed by atoms with van der Waals surface area (Å²) in [6.07, 6.45) is 1.22. The Bertz CT molecular complexity index is 534. The van der Waals surface area contributed by atoms with Gasteiger partial charge >= 0.3 is 0 Å². The monoisotopic (exact) mass is 287 g/mol. The molecule has 0 saturated carbocycles. The zero-order valence-electron chi connectivity index (χ0n) is 7.61. The van der Waals surface area contributed by atoms with Gasteiger partial charge in [0.2, 0.25) is 0 Å². The van der Waals surface area contributed by atoms with Crippen LogP contribution in [-0.4, -0.2) is 4.57 Å². The zero-order chi connectivity index (χ0) is 10.8. The SMILES string of the molecule is O=c1ccc(F)cn1Cc1csc(Br)c1. The third-order valence-electron chi connectivity index (χ3n) is 1.92. The predicted molar refractivity (Wildman–Crippen MR) is 61.8 cm³/mol. The molecule has 0 atom stereocenters. The molecule has 2 nitrogen and oxygen atoms in total. The van der Waals surface area contributed by atoms with Crippen molar-refractivity contribution in [3.05, 3.63) is 55.3 Å². The summed E-state index contributed by atoms with van der Waals surface area (Å²) in [6, 6.07) is 4.32. The number of nitrogens with zero attached hydrogens (tertiary/aromatic N) is 1. The molecule has 0 amide bonds. The van der Waals surface area contributed by atoms with E-state index < -0.39 is 5.82 Å². The Hall–Kier alpha value is -0.940. The van der Waals surface area contributed by atoms with Crippen molar-refractivity contribution in [3.63, 3.8) is 0 Å². The Morgan fingerprint density at radius 1 is 1.47 bits per heavy atom. The van der Waals surface area contributed by atoms with Crippen LogP contribution in [0.2, 0.25) is 0 Å². The van der Waals surface area contributed by atoms with Crippen LogP contribution in [-0.2, 0) is 6.54 Å². The van der Waals surface area contributed by atoms with Crippen molar-refractivity contribution in [1.82, 2.24) is 4.57 Å². The molecule has 0 N–H and O–H groups in total. The molecule has 0 fully saturated rings. The lowest BCUT2D eigenvalue weighted by molar-refractivity contribution is 0.596. The molecule has 15 heavy (non-hydrogen) atoms. The summed E-state index contributed by atoms with van der Waals surface area (Å²) in [4.78, 5) is 11.4. The number of thiophene rings is 1. The second kappa shape index (κ2) is 4.28. The third kappa shape index (κ3) is 2.54. The van der Waals surface area contributed by atoms with Gasteiger partial charge in [-0.05, 0) is 39.0 Å². The molecule has 0 aromatic carbocycles. The molecule has 2 aromatic rings. The van der Waals surface area contributed by atoms with Gasteiger partial charge in [-0.15, -0.1) is 11.3 Å². The highest BCUT2D eigenvalue weighted by molar-refractivity contribution is 9.11. The molecule has 5 heteroatoms. The second-order valence-electron chi connectivity index (χ2n) is 3.07. The van der Waals surface area contributed by atoms with Crippen molar-refractivity contribution in [2.45, 2.75) is 6.54 Å². The van der Waals surface area contributed by atoms with Crippen LogP contribution in [0.25, 0.3) is 0 Å². The Balaban J connectivity index is 2.31. The average Bonchev–Trinajstić information content (AvgIpc) is 2.58. The quantitative estimate of drug-likeness (QED) is 0.833. The first-order valence-electron chi connectivity index (χ1n) is 4.24. The molecule has 0 unspecified atom stereocenters. The van der Waals surface area contributed by atoms with Gasteiger partial charge in [0.15, 0.2) is 0 Å². The predicted octanol–water partition coefficient (Wildman–Crippen LogP) is 2.86. The topological polar surface area (TPSA) is 22.0 Å². The second-order valence-corrected chi connectivity index (χ2v) is 5.36. The van der Waals surface area contributed by atoms with Crippen molar-refractivity contribution in [2.24, 2.45) is 0 Å². The van der Waals surface area contributed by atoms with Gasteiger partial charge in [0.1, 0.15) is 5.82 Å². The summed E-state index contributed by atoms with van der Waals surface area (Å²) in [5.74, 6) is -0.399. The lowest BCUT2D eigenvalue weighted by atomic mass is 10.3. The summed E-state index contributed by atoms with van der Waals surface area (Å²) >= 11 is 4.88. The highest BCUT2D eigenvalue weighted by atomic mass is 79.9. The maximum absolute atomic E-state index is 12.9. The van der Waals surface area contributed by atoms with Crippen molar-refractivity contribution >= 4 is 27.3 Å². The number of rotatable bonds is 2. The number of aromatic nitrogens is 1. The van der Waals surface area contributed by atoms with Gasteiger partial charge in [0.25, 0.3) is 5.56 Å². The summed E-state index contributed by atoms with van der Waals surface area (Å²) in [5, 5.41) is 1.93. The number of hydrogen-bond donors (Lipinski definition) is 0. The normalized spacial score (nSPS) is 10.5. The summed E-state index contributed by atoms with van der Waals surface area (Å²) in [6.45, 7) is 0.401. The van der Waals surface area contributed by atoms with Gasteiger partial charge in [-0.2, -0.15) is 0 Å². The molecule has 0 aliphatic rings. The molecule has 2 rings (SSSR count). The maximum Gasteiger partial charge on any atom is 0.251 e. The summed E-state index contributed by atoms with van der Waals surface area (Å²) in [5.41, 5.74) is 0.790.